The van der Waals surface area contributed by atoms with Crippen LogP contribution in [-0.2, 0) is 9.59 Å². The second kappa shape index (κ2) is 5.98. The molecule has 6 heteroatoms. The summed E-state index contributed by atoms with van der Waals surface area (Å²) < 4.78 is 25.8. The molecule has 1 aromatic carbocycles. The van der Waals surface area contributed by atoms with Gasteiger partial charge < -0.3 is 10.2 Å². The molecule has 2 rings (SSSR count). The zero-order valence-electron chi connectivity index (χ0n) is 11.2. The lowest BCUT2D eigenvalue weighted by atomic mass is 9.99. The molecule has 1 heterocycles. The van der Waals surface area contributed by atoms with Gasteiger partial charge in [0.2, 0.25) is 0 Å². The van der Waals surface area contributed by atoms with Gasteiger partial charge in [-0.15, -0.1) is 0 Å². The molecule has 0 aliphatic carbocycles. The number of rotatable bonds is 1. The predicted octanol–water partition coefficient (Wildman–Crippen LogP) is 2.16. The highest BCUT2D eigenvalue weighted by Crippen LogP contribution is 2.17. The van der Waals surface area contributed by atoms with E-state index in [1.54, 1.807) is 0 Å². The van der Waals surface area contributed by atoms with Crippen LogP contribution in [0.25, 0.3) is 0 Å². The number of nitrogens with zero attached hydrogens (tertiary/aromatic N) is 1. The molecule has 4 nitrogen and oxygen atoms in total. The van der Waals surface area contributed by atoms with Crippen molar-refractivity contribution >= 4 is 17.5 Å². The molecule has 1 aliphatic rings. The normalized spacial score (nSPS) is 16.1. The second-order valence-corrected chi connectivity index (χ2v) is 5.06. The van der Waals surface area contributed by atoms with Crippen LogP contribution >= 0.6 is 0 Å². The lowest BCUT2D eigenvalue weighted by Crippen LogP contribution is -2.43. The van der Waals surface area contributed by atoms with E-state index in [4.69, 9.17) is 0 Å². The van der Waals surface area contributed by atoms with Crippen LogP contribution < -0.4 is 5.32 Å². The van der Waals surface area contributed by atoms with E-state index in [0.29, 0.717) is 19.0 Å². The van der Waals surface area contributed by atoms with Gasteiger partial charge in [-0.25, -0.2) is 8.78 Å². The molecule has 0 aromatic heterocycles. The average molecular weight is 282 g/mol. The first-order valence-electron chi connectivity index (χ1n) is 6.52. The Kier molecular flexibility index (Phi) is 4.32. The summed E-state index contributed by atoms with van der Waals surface area (Å²) in [5.74, 6) is -2.98. The van der Waals surface area contributed by atoms with E-state index >= 15 is 0 Å². The van der Waals surface area contributed by atoms with Gasteiger partial charge in [-0.3, -0.25) is 9.59 Å². The van der Waals surface area contributed by atoms with E-state index in [-0.39, 0.29) is 5.69 Å². The van der Waals surface area contributed by atoms with Crippen molar-refractivity contribution in [3.63, 3.8) is 0 Å². The number of likely N-dealkylation sites (tertiary alicyclic amines) is 1. The van der Waals surface area contributed by atoms with Gasteiger partial charge in [0.15, 0.2) is 11.6 Å². The Morgan fingerprint density at radius 3 is 2.45 bits per heavy atom. The summed E-state index contributed by atoms with van der Waals surface area (Å²) in [6, 6.07) is 2.96. The zero-order chi connectivity index (χ0) is 14.7. The van der Waals surface area contributed by atoms with Crippen LogP contribution in [0, 0.1) is 17.6 Å². The Hall–Kier alpha value is -1.98. The van der Waals surface area contributed by atoms with E-state index < -0.39 is 23.4 Å². The third kappa shape index (κ3) is 3.31. The summed E-state index contributed by atoms with van der Waals surface area (Å²) >= 11 is 0. The van der Waals surface area contributed by atoms with Crippen LogP contribution in [0.4, 0.5) is 14.5 Å². The maximum absolute atomic E-state index is 13.0. The molecule has 0 saturated carbocycles. The number of nitrogens with one attached hydrogen (secondary N) is 1. The van der Waals surface area contributed by atoms with Crippen LogP contribution in [0.3, 0.4) is 0 Å². The second-order valence-electron chi connectivity index (χ2n) is 5.06. The number of piperidine rings is 1. The molecular weight excluding hydrogens is 266 g/mol. The van der Waals surface area contributed by atoms with Crippen LogP contribution in [0.5, 0.6) is 0 Å². The Labute approximate surface area is 115 Å². The van der Waals surface area contributed by atoms with E-state index in [1.165, 1.54) is 11.0 Å². The maximum Gasteiger partial charge on any atom is 0.313 e. The molecule has 1 aromatic rings. The quantitative estimate of drug-likeness (QED) is 0.802. The van der Waals surface area contributed by atoms with E-state index in [2.05, 4.69) is 12.2 Å². The highest BCUT2D eigenvalue weighted by Gasteiger charge is 2.25. The third-order valence-corrected chi connectivity index (χ3v) is 3.44. The van der Waals surface area contributed by atoms with Crippen molar-refractivity contribution in [2.45, 2.75) is 19.8 Å². The molecule has 108 valence electrons. The van der Waals surface area contributed by atoms with Crippen LogP contribution in [0.1, 0.15) is 19.8 Å². The molecule has 0 radical (unpaired) electrons. The van der Waals surface area contributed by atoms with Crippen molar-refractivity contribution in [1.29, 1.82) is 0 Å². The SMILES string of the molecule is CC1CCN(C(=O)C(=O)Nc2ccc(F)c(F)c2)CC1. The summed E-state index contributed by atoms with van der Waals surface area (Å²) in [7, 11) is 0. The molecule has 1 aliphatic heterocycles. The van der Waals surface area contributed by atoms with Gasteiger partial charge in [-0.1, -0.05) is 6.92 Å². The number of halogens is 2. The molecule has 2 amide bonds. The minimum Gasteiger partial charge on any atom is -0.334 e. The lowest BCUT2D eigenvalue weighted by molar-refractivity contribution is -0.144. The molecular formula is C14H16F2N2O2. The fraction of sp³-hybridized carbons (Fsp3) is 0.429. The smallest absolute Gasteiger partial charge is 0.313 e. The van der Waals surface area contributed by atoms with Gasteiger partial charge in [0.05, 0.1) is 0 Å². The number of carbonyl (C=O) groups excluding carboxylic acids is 2. The first kappa shape index (κ1) is 14.4. The van der Waals surface area contributed by atoms with E-state index in [9.17, 15) is 18.4 Å². The fourth-order valence-electron chi connectivity index (χ4n) is 2.11. The fourth-order valence-corrected chi connectivity index (χ4v) is 2.11. The zero-order valence-corrected chi connectivity index (χ0v) is 11.2. The summed E-state index contributed by atoms with van der Waals surface area (Å²) in [6.07, 6.45) is 1.73. The Morgan fingerprint density at radius 1 is 1.20 bits per heavy atom. The summed E-state index contributed by atoms with van der Waals surface area (Å²) in [5, 5.41) is 2.28. The average Bonchev–Trinajstić information content (AvgIpc) is 2.43. The largest absolute Gasteiger partial charge is 0.334 e. The third-order valence-electron chi connectivity index (χ3n) is 3.44. The first-order chi connectivity index (χ1) is 9.47. The van der Waals surface area contributed by atoms with Crippen LogP contribution in [0.2, 0.25) is 0 Å². The Morgan fingerprint density at radius 2 is 1.85 bits per heavy atom. The van der Waals surface area contributed by atoms with E-state index in [0.717, 1.165) is 25.0 Å². The minimum atomic E-state index is -1.07. The standard InChI is InChI=1S/C14H16F2N2O2/c1-9-4-6-18(7-5-9)14(20)13(19)17-10-2-3-11(15)12(16)8-10/h2-3,8-9H,4-7H2,1H3,(H,17,19). The van der Waals surface area contributed by atoms with Gasteiger partial charge in [-0.2, -0.15) is 0 Å². The van der Waals surface area contributed by atoms with Crippen molar-refractivity contribution in [2.75, 3.05) is 18.4 Å². The predicted molar refractivity (Wildman–Crippen MR) is 70.0 cm³/mol. The van der Waals surface area contributed by atoms with Gasteiger partial charge >= 0.3 is 11.8 Å². The van der Waals surface area contributed by atoms with Gasteiger partial charge in [0.1, 0.15) is 0 Å². The number of hydrogen-bond donors (Lipinski definition) is 1. The number of amides is 2. The molecule has 1 fully saturated rings. The van der Waals surface area contributed by atoms with Crippen molar-refractivity contribution in [2.24, 2.45) is 5.92 Å². The molecule has 20 heavy (non-hydrogen) atoms. The van der Waals surface area contributed by atoms with E-state index in [1.807, 2.05) is 0 Å². The van der Waals surface area contributed by atoms with Gasteiger partial charge in [0, 0.05) is 24.8 Å². The summed E-state index contributed by atoms with van der Waals surface area (Å²) in [4.78, 5) is 25.2. The molecule has 1 saturated heterocycles. The van der Waals surface area contributed by atoms with Crippen molar-refractivity contribution in [3.05, 3.63) is 29.8 Å². The van der Waals surface area contributed by atoms with Gasteiger partial charge in [-0.05, 0) is 30.9 Å². The molecule has 0 unspecified atom stereocenters. The minimum absolute atomic E-state index is 0.0626. The Balaban J connectivity index is 1.97. The highest BCUT2D eigenvalue weighted by molar-refractivity contribution is 6.39. The number of anilines is 1. The monoisotopic (exact) mass is 282 g/mol. The van der Waals surface area contributed by atoms with Crippen molar-refractivity contribution in [3.8, 4) is 0 Å². The summed E-state index contributed by atoms with van der Waals surface area (Å²) in [6.45, 7) is 3.19. The highest BCUT2D eigenvalue weighted by atomic mass is 19.2. The molecule has 1 N–H and O–H groups in total. The number of carbonyl (C=O) groups is 2. The number of benzene rings is 1. The first-order valence-corrected chi connectivity index (χ1v) is 6.52. The summed E-state index contributed by atoms with van der Waals surface area (Å²) in [5.41, 5.74) is 0.0626. The maximum atomic E-state index is 13.0. The molecule has 0 spiro atoms. The topological polar surface area (TPSA) is 49.4 Å². The molecule has 0 bridgehead atoms. The van der Waals surface area contributed by atoms with Crippen LogP contribution in [0.15, 0.2) is 18.2 Å². The lowest BCUT2D eigenvalue weighted by Gasteiger charge is -2.29. The van der Waals surface area contributed by atoms with Crippen molar-refractivity contribution < 1.29 is 18.4 Å². The van der Waals surface area contributed by atoms with Crippen LogP contribution in [-0.4, -0.2) is 29.8 Å². The van der Waals surface area contributed by atoms with Crippen molar-refractivity contribution in [1.82, 2.24) is 4.90 Å². The number of hydrogen-bond acceptors (Lipinski definition) is 2. The molecule has 0 atom stereocenters. The van der Waals surface area contributed by atoms with Gasteiger partial charge in [0.25, 0.3) is 0 Å². The Bertz CT molecular complexity index is 526.